The first-order chi connectivity index (χ1) is 10.6. The molecule has 2 heterocycles. The predicted octanol–water partition coefficient (Wildman–Crippen LogP) is 2.50. The maximum atomic E-state index is 12.5. The van der Waals surface area contributed by atoms with E-state index in [4.69, 9.17) is 16.3 Å². The van der Waals surface area contributed by atoms with Crippen LogP contribution in [0.2, 0.25) is 0 Å². The van der Waals surface area contributed by atoms with E-state index in [0.29, 0.717) is 17.6 Å². The van der Waals surface area contributed by atoms with Gasteiger partial charge in [-0.15, -0.1) is 0 Å². The summed E-state index contributed by atoms with van der Waals surface area (Å²) in [5.74, 6) is -1.26. The van der Waals surface area contributed by atoms with Crippen LogP contribution in [0.15, 0.2) is 30.3 Å². The molecular formula is C17H22ClNO3. The summed E-state index contributed by atoms with van der Waals surface area (Å²) in [5, 5.41) is 9.78. The maximum Gasteiger partial charge on any atom is 0.317 e. The van der Waals surface area contributed by atoms with E-state index in [1.165, 1.54) is 12.8 Å². The van der Waals surface area contributed by atoms with Crippen molar-refractivity contribution >= 4 is 17.6 Å². The molecule has 2 fully saturated rings. The average Bonchev–Trinajstić information content (AvgIpc) is 2.71. The fraction of sp³-hybridized carbons (Fsp3) is 0.588. The molecule has 22 heavy (non-hydrogen) atoms. The summed E-state index contributed by atoms with van der Waals surface area (Å²) in [6.45, 7) is 0. The maximum absolute atomic E-state index is 12.5. The van der Waals surface area contributed by atoms with E-state index in [9.17, 15) is 9.90 Å². The van der Waals surface area contributed by atoms with Gasteiger partial charge in [-0.1, -0.05) is 41.9 Å². The largest absolute Gasteiger partial charge is 0.462 e. The van der Waals surface area contributed by atoms with Crippen LogP contribution in [0.4, 0.5) is 0 Å². The molecule has 4 unspecified atom stereocenters. The van der Waals surface area contributed by atoms with E-state index >= 15 is 0 Å². The summed E-state index contributed by atoms with van der Waals surface area (Å²) in [6.07, 6.45) is 4.03. The minimum Gasteiger partial charge on any atom is -0.462 e. The lowest BCUT2D eigenvalue weighted by molar-refractivity contribution is -0.155. The van der Waals surface area contributed by atoms with Gasteiger partial charge in [0.2, 0.25) is 0 Å². The first-order valence-electron chi connectivity index (χ1n) is 7.85. The van der Waals surface area contributed by atoms with E-state index in [-0.39, 0.29) is 6.10 Å². The molecule has 3 rings (SSSR count). The van der Waals surface area contributed by atoms with Crippen LogP contribution in [0.3, 0.4) is 0 Å². The lowest BCUT2D eigenvalue weighted by atomic mass is 9.98. The molecule has 0 spiro atoms. The van der Waals surface area contributed by atoms with Crippen molar-refractivity contribution in [3.63, 3.8) is 0 Å². The predicted molar refractivity (Wildman–Crippen MR) is 84.7 cm³/mol. The number of hydrogen-bond acceptors (Lipinski definition) is 4. The molecule has 0 amide bonds. The number of aliphatic hydroxyl groups excluding tert-OH is 1. The van der Waals surface area contributed by atoms with Crippen LogP contribution in [0.25, 0.3) is 0 Å². The third-order valence-corrected chi connectivity index (χ3v) is 5.28. The second kappa shape index (κ2) is 6.57. The van der Waals surface area contributed by atoms with Crippen molar-refractivity contribution in [2.75, 3.05) is 7.05 Å². The molecule has 0 saturated carbocycles. The van der Waals surface area contributed by atoms with Crippen LogP contribution in [-0.2, 0) is 9.53 Å². The summed E-state index contributed by atoms with van der Waals surface area (Å²) in [7, 11) is 2.15. The molecule has 4 nitrogen and oxygen atoms in total. The number of nitrogens with zero attached hydrogens (tertiary/aromatic N) is 1. The summed E-state index contributed by atoms with van der Waals surface area (Å²) in [5.41, 5.74) is -0.594. The van der Waals surface area contributed by atoms with Crippen molar-refractivity contribution in [3.05, 3.63) is 35.9 Å². The molecule has 0 aromatic heterocycles. The first-order valence-corrected chi connectivity index (χ1v) is 8.29. The van der Waals surface area contributed by atoms with Crippen LogP contribution in [0.5, 0.6) is 0 Å². The molecular weight excluding hydrogens is 302 g/mol. The Kier molecular flexibility index (Phi) is 4.71. The third-order valence-electron chi connectivity index (χ3n) is 5.03. The minimum atomic E-state index is -1.28. The molecule has 120 valence electrons. The molecule has 5 heteroatoms. The lowest BCUT2D eigenvalue weighted by Gasteiger charge is -2.36. The normalized spacial score (nSPS) is 30.8. The van der Waals surface area contributed by atoms with Gasteiger partial charge in [0.1, 0.15) is 17.6 Å². The SMILES string of the molecule is CN1C2CCC1CC(OC(=O)C(c1ccccc1)C(O)Cl)C2. The summed E-state index contributed by atoms with van der Waals surface area (Å²) in [6, 6.07) is 10.1. The van der Waals surface area contributed by atoms with Gasteiger partial charge in [-0.3, -0.25) is 4.79 Å². The molecule has 2 aliphatic heterocycles. The highest BCUT2D eigenvalue weighted by molar-refractivity contribution is 6.21. The third kappa shape index (κ3) is 3.14. The smallest absolute Gasteiger partial charge is 0.317 e. The van der Waals surface area contributed by atoms with Gasteiger partial charge < -0.3 is 14.7 Å². The van der Waals surface area contributed by atoms with E-state index < -0.39 is 17.5 Å². The van der Waals surface area contributed by atoms with Gasteiger partial charge in [0.25, 0.3) is 0 Å². The molecule has 1 aromatic carbocycles. The molecule has 4 atom stereocenters. The van der Waals surface area contributed by atoms with Crippen molar-refractivity contribution in [3.8, 4) is 0 Å². The molecule has 0 radical (unpaired) electrons. The number of aliphatic hydroxyl groups is 1. The Hall–Kier alpha value is -1.10. The van der Waals surface area contributed by atoms with E-state index in [1.54, 1.807) is 12.1 Å². The number of fused-ring (bicyclic) bond motifs is 2. The number of esters is 1. The van der Waals surface area contributed by atoms with Crippen LogP contribution in [-0.4, -0.2) is 46.8 Å². The average molecular weight is 324 g/mol. The van der Waals surface area contributed by atoms with Gasteiger partial charge in [-0.25, -0.2) is 0 Å². The quantitative estimate of drug-likeness (QED) is 0.683. The van der Waals surface area contributed by atoms with E-state index in [0.717, 1.165) is 12.8 Å². The summed E-state index contributed by atoms with van der Waals surface area (Å²) >= 11 is 5.83. The number of carbonyl (C=O) groups excluding carboxylic acids is 1. The summed E-state index contributed by atoms with van der Waals surface area (Å²) < 4.78 is 5.69. The standard InChI is InChI=1S/C17H22ClNO3/c1-19-12-7-8-13(19)10-14(9-12)22-17(21)15(16(18)20)11-5-3-2-4-6-11/h2-6,12-16,20H,7-10H2,1H3. The lowest BCUT2D eigenvalue weighted by Crippen LogP contribution is -2.44. The topological polar surface area (TPSA) is 49.8 Å². The zero-order valence-electron chi connectivity index (χ0n) is 12.7. The Bertz CT molecular complexity index is 508. The zero-order valence-corrected chi connectivity index (χ0v) is 13.4. The fourth-order valence-electron chi connectivity index (χ4n) is 3.76. The molecule has 2 bridgehead atoms. The molecule has 2 saturated heterocycles. The van der Waals surface area contributed by atoms with E-state index in [2.05, 4.69) is 11.9 Å². The Labute approximate surface area is 136 Å². The van der Waals surface area contributed by atoms with E-state index in [1.807, 2.05) is 18.2 Å². The number of alkyl halides is 1. The van der Waals surface area contributed by atoms with Crippen molar-refractivity contribution in [1.82, 2.24) is 4.90 Å². The van der Waals surface area contributed by atoms with Crippen LogP contribution in [0, 0.1) is 0 Å². The Morgan fingerprint density at radius 1 is 1.27 bits per heavy atom. The second-order valence-corrected chi connectivity index (χ2v) is 6.79. The number of hydrogen-bond donors (Lipinski definition) is 1. The molecule has 0 aliphatic carbocycles. The number of halogens is 1. The molecule has 2 aliphatic rings. The van der Waals surface area contributed by atoms with Crippen molar-refractivity contribution < 1.29 is 14.6 Å². The monoisotopic (exact) mass is 323 g/mol. The zero-order chi connectivity index (χ0) is 15.7. The van der Waals surface area contributed by atoms with Crippen molar-refractivity contribution in [2.24, 2.45) is 0 Å². The number of benzene rings is 1. The number of rotatable bonds is 4. The highest BCUT2D eigenvalue weighted by Crippen LogP contribution is 2.36. The number of piperidine rings is 1. The fourth-order valence-corrected chi connectivity index (χ4v) is 4.01. The van der Waals surface area contributed by atoms with Gasteiger partial charge in [-0.05, 0) is 38.3 Å². The number of carbonyl (C=O) groups is 1. The highest BCUT2D eigenvalue weighted by atomic mass is 35.5. The minimum absolute atomic E-state index is 0.0668. The van der Waals surface area contributed by atoms with Gasteiger partial charge in [0, 0.05) is 12.1 Å². The van der Waals surface area contributed by atoms with Crippen LogP contribution < -0.4 is 0 Å². The Balaban J connectivity index is 1.68. The number of ether oxygens (including phenoxy) is 1. The van der Waals surface area contributed by atoms with Gasteiger partial charge in [0.05, 0.1) is 0 Å². The Morgan fingerprint density at radius 2 is 1.86 bits per heavy atom. The molecule has 1 aromatic rings. The van der Waals surface area contributed by atoms with Gasteiger partial charge in [0.15, 0.2) is 0 Å². The highest BCUT2D eigenvalue weighted by Gasteiger charge is 2.41. The van der Waals surface area contributed by atoms with Gasteiger partial charge >= 0.3 is 5.97 Å². The second-order valence-electron chi connectivity index (χ2n) is 6.34. The van der Waals surface area contributed by atoms with Crippen molar-refractivity contribution in [2.45, 2.75) is 55.4 Å². The van der Waals surface area contributed by atoms with Crippen LogP contribution >= 0.6 is 11.6 Å². The van der Waals surface area contributed by atoms with Crippen molar-refractivity contribution in [1.29, 1.82) is 0 Å². The first kappa shape index (κ1) is 15.8. The Morgan fingerprint density at radius 3 is 2.41 bits per heavy atom. The van der Waals surface area contributed by atoms with Crippen LogP contribution in [0.1, 0.15) is 37.2 Å². The summed E-state index contributed by atoms with van der Waals surface area (Å²) in [4.78, 5) is 14.9. The van der Waals surface area contributed by atoms with Gasteiger partial charge in [-0.2, -0.15) is 0 Å². The molecule has 1 N–H and O–H groups in total.